The van der Waals surface area contributed by atoms with E-state index in [1.807, 2.05) is 13.8 Å². The molecular weight excluding hydrogens is 308 g/mol. The van der Waals surface area contributed by atoms with Gasteiger partial charge in [0, 0.05) is 38.4 Å². The monoisotopic (exact) mass is 330 g/mol. The van der Waals surface area contributed by atoms with Crippen LogP contribution < -0.4 is 10.2 Å². The molecule has 24 heavy (non-hydrogen) atoms. The molecule has 0 aromatic carbocycles. The molecule has 1 fully saturated rings. The summed E-state index contributed by atoms with van der Waals surface area (Å²) < 4.78 is 4.94. The average molecular weight is 330 g/mol. The van der Waals surface area contributed by atoms with Crippen LogP contribution in [0.1, 0.15) is 17.1 Å². The lowest BCUT2D eigenvalue weighted by Gasteiger charge is -2.35. The van der Waals surface area contributed by atoms with E-state index in [4.69, 9.17) is 4.52 Å². The van der Waals surface area contributed by atoms with E-state index in [1.54, 1.807) is 19.2 Å². The summed E-state index contributed by atoms with van der Waals surface area (Å²) in [7, 11) is 0. The van der Waals surface area contributed by atoms with E-state index in [2.05, 4.69) is 30.2 Å². The number of nitrogens with zero attached hydrogens (tertiary/aromatic N) is 5. The summed E-state index contributed by atoms with van der Waals surface area (Å²) >= 11 is 0. The maximum Gasteiger partial charge on any atom is 0.239 e. The minimum atomic E-state index is -0.0803. The number of nitrogens with one attached hydrogen (secondary N) is 1. The van der Waals surface area contributed by atoms with Crippen LogP contribution in [0.15, 0.2) is 16.8 Å². The third-order valence-electron chi connectivity index (χ3n) is 3.99. The second-order valence-electron chi connectivity index (χ2n) is 6.05. The second kappa shape index (κ2) is 6.96. The molecular formula is C16H22N6O2. The first-order valence-electron chi connectivity index (χ1n) is 8.02. The summed E-state index contributed by atoms with van der Waals surface area (Å²) in [6.07, 6.45) is 1.78. The third-order valence-corrected chi connectivity index (χ3v) is 3.99. The van der Waals surface area contributed by atoms with Crippen molar-refractivity contribution in [1.29, 1.82) is 0 Å². The lowest BCUT2D eigenvalue weighted by atomic mass is 10.3. The first-order valence-corrected chi connectivity index (χ1v) is 8.02. The Kier molecular flexibility index (Phi) is 4.75. The van der Waals surface area contributed by atoms with Crippen molar-refractivity contribution in [1.82, 2.24) is 20.0 Å². The molecule has 0 aliphatic carbocycles. The number of rotatable bonds is 4. The van der Waals surface area contributed by atoms with Crippen molar-refractivity contribution in [2.45, 2.75) is 20.8 Å². The summed E-state index contributed by atoms with van der Waals surface area (Å²) in [5.41, 5.74) is 1.86. The van der Waals surface area contributed by atoms with Crippen molar-refractivity contribution in [3.8, 4) is 0 Å². The van der Waals surface area contributed by atoms with Crippen molar-refractivity contribution < 1.29 is 9.32 Å². The van der Waals surface area contributed by atoms with Crippen LogP contribution in [0, 0.1) is 20.8 Å². The Morgan fingerprint density at radius 2 is 2.00 bits per heavy atom. The Hall–Kier alpha value is -2.48. The molecule has 1 N–H and O–H groups in total. The van der Waals surface area contributed by atoms with Gasteiger partial charge in [0.15, 0.2) is 5.82 Å². The molecule has 8 nitrogen and oxygen atoms in total. The normalized spacial score (nSPS) is 15.5. The van der Waals surface area contributed by atoms with Gasteiger partial charge in [0.05, 0.1) is 17.9 Å². The van der Waals surface area contributed by atoms with Crippen LogP contribution in [0.5, 0.6) is 0 Å². The van der Waals surface area contributed by atoms with Gasteiger partial charge >= 0.3 is 0 Å². The number of aryl methyl sites for hydroxylation is 3. The van der Waals surface area contributed by atoms with Crippen LogP contribution in [0.2, 0.25) is 0 Å². The molecule has 1 aliphatic rings. The largest absolute Gasteiger partial charge is 0.360 e. The Morgan fingerprint density at radius 3 is 2.67 bits per heavy atom. The summed E-state index contributed by atoms with van der Waals surface area (Å²) in [4.78, 5) is 25.4. The van der Waals surface area contributed by atoms with Gasteiger partial charge in [-0.25, -0.2) is 4.98 Å². The second-order valence-corrected chi connectivity index (χ2v) is 6.05. The molecule has 0 unspecified atom stereocenters. The van der Waals surface area contributed by atoms with Gasteiger partial charge in [-0.05, 0) is 20.8 Å². The quantitative estimate of drug-likeness (QED) is 0.899. The molecule has 128 valence electrons. The maximum absolute atomic E-state index is 12.1. The molecule has 3 rings (SSSR count). The minimum Gasteiger partial charge on any atom is -0.360 e. The average Bonchev–Trinajstić information content (AvgIpc) is 2.95. The first-order chi connectivity index (χ1) is 11.5. The molecule has 8 heteroatoms. The van der Waals surface area contributed by atoms with Gasteiger partial charge in [-0.1, -0.05) is 5.16 Å². The zero-order valence-electron chi connectivity index (χ0n) is 14.2. The fourth-order valence-electron chi connectivity index (χ4n) is 2.75. The zero-order valence-corrected chi connectivity index (χ0v) is 14.2. The number of hydrogen-bond donors (Lipinski definition) is 1. The lowest BCUT2D eigenvalue weighted by Crippen LogP contribution is -2.49. The van der Waals surface area contributed by atoms with Gasteiger partial charge in [0.25, 0.3) is 0 Å². The van der Waals surface area contributed by atoms with Crippen LogP contribution in [0.3, 0.4) is 0 Å². The first kappa shape index (κ1) is 16.4. The maximum atomic E-state index is 12.1. The minimum absolute atomic E-state index is 0.0803. The molecule has 1 saturated heterocycles. The zero-order chi connectivity index (χ0) is 17.1. The Bertz CT molecular complexity index is 721. The van der Waals surface area contributed by atoms with Crippen LogP contribution in [0.4, 0.5) is 11.6 Å². The highest BCUT2D eigenvalue weighted by atomic mass is 16.5. The molecule has 0 spiro atoms. The van der Waals surface area contributed by atoms with Gasteiger partial charge in [0.1, 0.15) is 11.6 Å². The number of carbonyl (C=O) groups is 1. The molecule has 2 aromatic rings. The Morgan fingerprint density at radius 1 is 1.25 bits per heavy atom. The highest BCUT2D eigenvalue weighted by molar-refractivity contribution is 5.91. The topological polar surface area (TPSA) is 87.4 Å². The SMILES string of the molecule is Cc1cnc(C)c(N2CCN(CC(=O)Nc3cc(C)on3)CC2)n1. The highest BCUT2D eigenvalue weighted by Crippen LogP contribution is 2.17. The molecule has 0 atom stereocenters. The van der Waals surface area contributed by atoms with Crippen LogP contribution in [0.25, 0.3) is 0 Å². The van der Waals surface area contributed by atoms with Gasteiger partial charge < -0.3 is 14.7 Å². The molecule has 0 saturated carbocycles. The predicted molar refractivity (Wildman–Crippen MR) is 90.0 cm³/mol. The third kappa shape index (κ3) is 3.88. The van der Waals surface area contributed by atoms with Crippen molar-refractivity contribution in [3.63, 3.8) is 0 Å². The highest BCUT2D eigenvalue weighted by Gasteiger charge is 2.21. The van der Waals surface area contributed by atoms with Crippen molar-refractivity contribution in [2.24, 2.45) is 0 Å². The summed E-state index contributed by atoms with van der Waals surface area (Å²) in [5.74, 6) is 2.00. The predicted octanol–water partition coefficient (Wildman–Crippen LogP) is 1.15. The number of hydrogen-bond acceptors (Lipinski definition) is 7. The summed E-state index contributed by atoms with van der Waals surface area (Å²) in [5, 5.41) is 6.52. The van der Waals surface area contributed by atoms with E-state index < -0.39 is 0 Å². The number of amides is 1. The van der Waals surface area contributed by atoms with E-state index in [0.717, 1.165) is 43.4 Å². The smallest absolute Gasteiger partial charge is 0.239 e. The van der Waals surface area contributed by atoms with Crippen molar-refractivity contribution in [3.05, 3.63) is 29.4 Å². The van der Waals surface area contributed by atoms with E-state index in [-0.39, 0.29) is 5.91 Å². The summed E-state index contributed by atoms with van der Waals surface area (Å²) in [6.45, 7) is 9.32. The molecule has 1 amide bonds. The Labute approximate surface area is 140 Å². The van der Waals surface area contributed by atoms with Crippen molar-refractivity contribution >= 4 is 17.5 Å². The van der Waals surface area contributed by atoms with E-state index in [0.29, 0.717) is 18.1 Å². The van der Waals surface area contributed by atoms with E-state index in [9.17, 15) is 4.79 Å². The fourth-order valence-corrected chi connectivity index (χ4v) is 2.75. The molecule has 0 radical (unpaired) electrons. The number of piperazine rings is 1. The lowest BCUT2D eigenvalue weighted by molar-refractivity contribution is -0.117. The fraction of sp³-hybridized carbons (Fsp3) is 0.500. The molecule has 0 bridgehead atoms. The molecule has 3 heterocycles. The van der Waals surface area contributed by atoms with E-state index >= 15 is 0 Å². The Balaban J connectivity index is 1.51. The van der Waals surface area contributed by atoms with Crippen molar-refractivity contribution in [2.75, 3.05) is 42.9 Å². The molecule has 1 aliphatic heterocycles. The standard InChI is InChI=1S/C16H22N6O2/c1-11-9-17-13(3)16(18-11)22-6-4-21(5-7-22)10-15(23)19-14-8-12(2)24-20-14/h8-9H,4-7,10H2,1-3H3,(H,19,20,23). The summed E-state index contributed by atoms with van der Waals surface area (Å²) in [6, 6.07) is 1.70. The number of carbonyl (C=O) groups excluding carboxylic acids is 1. The van der Waals surface area contributed by atoms with Gasteiger partial charge in [0.2, 0.25) is 5.91 Å². The van der Waals surface area contributed by atoms with Crippen LogP contribution in [-0.4, -0.2) is 58.7 Å². The number of aromatic nitrogens is 3. The van der Waals surface area contributed by atoms with Gasteiger partial charge in [-0.15, -0.1) is 0 Å². The molecule has 2 aromatic heterocycles. The number of anilines is 2. The van der Waals surface area contributed by atoms with Gasteiger partial charge in [-0.3, -0.25) is 14.7 Å². The van der Waals surface area contributed by atoms with E-state index in [1.165, 1.54) is 0 Å². The van der Waals surface area contributed by atoms with Crippen LogP contribution in [-0.2, 0) is 4.79 Å². The van der Waals surface area contributed by atoms with Crippen LogP contribution >= 0.6 is 0 Å². The van der Waals surface area contributed by atoms with Gasteiger partial charge in [-0.2, -0.15) is 0 Å².